The van der Waals surface area contributed by atoms with E-state index in [1.54, 1.807) is 6.33 Å². The minimum atomic E-state index is 0.897. The van der Waals surface area contributed by atoms with Gasteiger partial charge in [0, 0.05) is 50.3 Å². The van der Waals surface area contributed by atoms with Crippen molar-refractivity contribution in [1.82, 2.24) is 14.9 Å². The van der Waals surface area contributed by atoms with Gasteiger partial charge in [-0.1, -0.05) is 6.92 Å². The van der Waals surface area contributed by atoms with Crippen LogP contribution in [0.3, 0.4) is 0 Å². The molecule has 2 rings (SSSR count). The van der Waals surface area contributed by atoms with Gasteiger partial charge in [-0.3, -0.25) is 4.90 Å². The van der Waals surface area contributed by atoms with Crippen LogP contribution < -0.4 is 10.6 Å². The molecule has 2 heterocycles. The molecule has 1 aromatic rings. The van der Waals surface area contributed by atoms with Crippen molar-refractivity contribution in [1.29, 1.82) is 0 Å². The monoisotopic (exact) mass is 281 g/mol. The lowest BCUT2D eigenvalue weighted by molar-refractivity contribution is 0.314. The van der Waals surface area contributed by atoms with Gasteiger partial charge >= 0.3 is 0 Å². The zero-order chi connectivity index (χ0) is 13.3. The summed E-state index contributed by atoms with van der Waals surface area (Å²) in [5, 5.41) is 6.64. The molecule has 0 spiro atoms. The van der Waals surface area contributed by atoms with E-state index >= 15 is 0 Å². The molecule has 1 aliphatic heterocycles. The number of nitrogens with zero attached hydrogens (tertiary/aromatic N) is 3. The van der Waals surface area contributed by atoms with Crippen molar-refractivity contribution in [3.8, 4) is 0 Å². The SMILES string of the molecule is CCCNc1cc(NCCN2CCSCC2)ncn1. The van der Waals surface area contributed by atoms with Gasteiger partial charge in [0.15, 0.2) is 0 Å². The summed E-state index contributed by atoms with van der Waals surface area (Å²) in [5.74, 6) is 4.32. The average Bonchev–Trinajstić information content (AvgIpc) is 2.47. The van der Waals surface area contributed by atoms with Crippen LogP contribution in [-0.4, -0.2) is 59.1 Å². The molecular weight excluding hydrogens is 258 g/mol. The highest BCUT2D eigenvalue weighted by atomic mass is 32.2. The first-order valence-corrected chi connectivity index (χ1v) is 8.14. The van der Waals surface area contributed by atoms with Gasteiger partial charge < -0.3 is 10.6 Å². The molecule has 0 saturated carbocycles. The fourth-order valence-electron chi connectivity index (χ4n) is 1.97. The Bertz CT molecular complexity index is 368. The Morgan fingerprint density at radius 1 is 1.16 bits per heavy atom. The number of thioether (sulfide) groups is 1. The molecule has 6 heteroatoms. The number of hydrogen-bond donors (Lipinski definition) is 2. The standard InChI is InChI=1S/C13H23N5S/c1-2-3-14-12-10-13(17-11-16-12)15-4-5-18-6-8-19-9-7-18/h10-11H,2-9H2,1H3,(H2,14,15,16,17). The first kappa shape index (κ1) is 14.4. The lowest BCUT2D eigenvalue weighted by Gasteiger charge is -2.26. The third-order valence-corrected chi connectivity index (χ3v) is 4.00. The van der Waals surface area contributed by atoms with Crippen LogP contribution in [0.15, 0.2) is 12.4 Å². The first-order chi connectivity index (χ1) is 9.38. The van der Waals surface area contributed by atoms with Crippen LogP contribution in [-0.2, 0) is 0 Å². The number of aromatic nitrogens is 2. The van der Waals surface area contributed by atoms with Crippen molar-refractivity contribution in [3.05, 3.63) is 12.4 Å². The second-order valence-corrected chi connectivity index (χ2v) is 5.82. The minimum absolute atomic E-state index is 0.897. The molecule has 19 heavy (non-hydrogen) atoms. The Hall–Kier alpha value is -1.01. The van der Waals surface area contributed by atoms with Gasteiger partial charge in [0.1, 0.15) is 18.0 Å². The first-order valence-electron chi connectivity index (χ1n) is 6.98. The van der Waals surface area contributed by atoms with E-state index in [9.17, 15) is 0 Å². The summed E-state index contributed by atoms with van der Waals surface area (Å²) >= 11 is 2.05. The third kappa shape index (κ3) is 5.24. The minimum Gasteiger partial charge on any atom is -0.370 e. The molecule has 0 amide bonds. The summed E-state index contributed by atoms with van der Waals surface area (Å²) in [6.07, 6.45) is 2.71. The molecule has 0 aromatic carbocycles. The summed E-state index contributed by atoms with van der Waals surface area (Å²) in [7, 11) is 0. The van der Waals surface area contributed by atoms with Gasteiger partial charge in [-0.05, 0) is 6.42 Å². The van der Waals surface area contributed by atoms with Crippen LogP contribution in [0.4, 0.5) is 11.6 Å². The molecule has 106 valence electrons. The van der Waals surface area contributed by atoms with E-state index in [-0.39, 0.29) is 0 Å². The molecule has 1 aromatic heterocycles. The van der Waals surface area contributed by atoms with Crippen molar-refractivity contribution in [3.63, 3.8) is 0 Å². The zero-order valence-corrected chi connectivity index (χ0v) is 12.4. The maximum Gasteiger partial charge on any atom is 0.131 e. The van der Waals surface area contributed by atoms with Crippen molar-refractivity contribution in [2.24, 2.45) is 0 Å². The molecule has 5 nitrogen and oxygen atoms in total. The van der Waals surface area contributed by atoms with E-state index in [4.69, 9.17) is 0 Å². The van der Waals surface area contributed by atoms with Crippen molar-refractivity contribution < 1.29 is 0 Å². The Labute approximate surface area is 119 Å². The highest BCUT2D eigenvalue weighted by molar-refractivity contribution is 7.99. The van der Waals surface area contributed by atoms with E-state index in [0.29, 0.717) is 0 Å². The van der Waals surface area contributed by atoms with Crippen LogP contribution in [0.1, 0.15) is 13.3 Å². The number of anilines is 2. The maximum absolute atomic E-state index is 4.25. The highest BCUT2D eigenvalue weighted by Crippen LogP contribution is 2.10. The molecule has 0 bridgehead atoms. The van der Waals surface area contributed by atoms with Crippen LogP contribution in [0.5, 0.6) is 0 Å². The number of hydrogen-bond acceptors (Lipinski definition) is 6. The van der Waals surface area contributed by atoms with Crippen molar-refractivity contribution >= 4 is 23.4 Å². The average molecular weight is 281 g/mol. The third-order valence-electron chi connectivity index (χ3n) is 3.06. The van der Waals surface area contributed by atoms with Gasteiger partial charge in [-0.15, -0.1) is 0 Å². The van der Waals surface area contributed by atoms with E-state index in [0.717, 1.165) is 37.7 Å². The van der Waals surface area contributed by atoms with Crippen molar-refractivity contribution in [2.45, 2.75) is 13.3 Å². The molecule has 0 atom stereocenters. The summed E-state index contributed by atoms with van der Waals surface area (Å²) in [4.78, 5) is 10.9. The number of rotatable bonds is 7. The second-order valence-electron chi connectivity index (χ2n) is 4.60. The summed E-state index contributed by atoms with van der Waals surface area (Å²) in [5.41, 5.74) is 0. The normalized spacial score (nSPS) is 16.3. The molecule has 1 fully saturated rings. The van der Waals surface area contributed by atoms with Gasteiger partial charge in [0.05, 0.1) is 0 Å². The van der Waals surface area contributed by atoms with Crippen LogP contribution >= 0.6 is 11.8 Å². The Balaban J connectivity index is 1.72. The van der Waals surface area contributed by atoms with Gasteiger partial charge in [0.25, 0.3) is 0 Å². The Kier molecular flexibility index (Phi) is 6.23. The summed E-state index contributed by atoms with van der Waals surface area (Å²) in [6, 6.07) is 1.97. The van der Waals surface area contributed by atoms with E-state index in [1.165, 1.54) is 24.6 Å². The lowest BCUT2D eigenvalue weighted by Crippen LogP contribution is -2.36. The smallest absolute Gasteiger partial charge is 0.131 e. The topological polar surface area (TPSA) is 53.1 Å². The van der Waals surface area contributed by atoms with E-state index < -0.39 is 0 Å². The van der Waals surface area contributed by atoms with E-state index in [1.807, 2.05) is 17.8 Å². The van der Waals surface area contributed by atoms with Crippen molar-refractivity contribution in [2.75, 3.05) is 54.9 Å². The molecule has 0 aliphatic carbocycles. The lowest BCUT2D eigenvalue weighted by atomic mass is 10.4. The maximum atomic E-state index is 4.25. The molecule has 2 N–H and O–H groups in total. The fraction of sp³-hybridized carbons (Fsp3) is 0.692. The predicted octanol–water partition coefficient (Wildman–Crippen LogP) is 1.76. The molecule has 1 aliphatic rings. The number of nitrogens with one attached hydrogen (secondary N) is 2. The Morgan fingerprint density at radius 2 is 1.84 bits per heavy atom. The van der Waals surface area contributed by atoms with Gasteiger partial charge in [0.2, 0.25) is 0 Å². The molecule has 0 radical (unpaired) electrons. The summed E-state index contributed by atoms with van der Waals surface area (Å²) < 4.78 is 0. The van der Waals surface area contributed by atoms with Crippen LogP contribution in [0, 0.1) is 0 Å². The second kappa shape index (κ2) is 8.22. The van der Waals surface area contributed by atoms with Crippen LogP contribution in [0.2, 0.25) is 0 Å². The van der Waals surface area contributed by atoms with Crippen LogP contribution in [0.25, 0.3) is 0 Å². The molecule has 0 unspecified atom stereocenters. The molecular formula is C13H23N5S. The zero-order valence-electron chi connectivity index (χ0n) is 11.6. The Morgan fingerprint density at radius 3 is 2.53 bits per heavy atom. The van der Waals surface area contributed by atoms with Gasteiger partial charge in [-0.25, -0.2) is 9.97 Å². The molecule has 1 saturated heterocycles. The fourth-order valence-corrected chi connectivity index (χ4v) is 2.95. The van der Waals surface area contributed by atoms with E-state index in [2.05, 4.69) is 32.4 Å². The predicted molar refractivity (Wildman–Crippen MR) is 83.1 cm³/mol. The largest absolute Gasteiger partial charge is 0.370 e. The quantitative estimate of drug-likeness (QED) is 0.794. The highest BCUT2D eigenvalue weighted by Gasteiger charge is 2.09. The summed E-state index contributed by atoms with van der Waals surface area (Å²) in [6.45, 7) is 7.53. The van der Waals surface area contributed by atoms with Gasteiger partial charge in [-0.2, -0.15) is 11.8 Å².